The zero-order valence-corrected chi connectivity index (χ0v) is 9.59. The van der Waals surface area contributed by atoms with Crippen molar-refractivity contribution in [1.82, 2.24) is 0 Å². The maximum Gasteiger partial charge on any atom is 0.304 e. The molecule has 2 heteroatoms. The molecule has 0 saturated heterocycles. The van der Waals surface area contributed by atoms with Crippen LogP contribution in [0.1, 0.15) is 18.1 Å². The third kappa shape index (κ3) is 2.94. The minimum Gasteiger partial charge on any atom is -0.444 e. The molecule has 0 N–H and O–H groups in total. The van der Waals surface area contributed by atoms with Gasteiger partial charge in [-0.05, 0) is 0 Å². The lowest BCUT2D eigenvalue weighted by molar-refractivity contribution is -0.138. The first-order valence-electron chi connectivity index (χ1n) is 5.43. The van der Waals surface area contributed by atoms with Crippen molar-refractivity contribution in [2.75, 3.05) is 0 Å². The summed E-state index contributed by atoms with van der Waals surface area (Å²) in [5, 5.41) is 0. The van der Waals surface area contributed by atoms with Crippen LogP contribution in [-0.2, 0) is 9.53 Å². The van der Waals surface area contributed by atoms with Crippen molar-refractivity contribution >= 4 is 5.97 Å². The van der Waals surface area contributed by atoms with Crippen LogP contribution in [0.3, 0.4) is 0 Å². The third-order valence-corrected chi connectivity index (χ3v) is 2.32. The SMILES string of the molecule is CC(=O)O[C](c1ccccc1)c1ccccc1. The van der Waals surface area contributed by atoms with Gasteiger partial charge in [-0.25, -0.2) is 0 Å². The smallest absolute Gasteiger partial charge is 0.304 e. The molecule has 0 saturated carbocycles. The lowest BCUT2D eigenvalue weighted by atomic mass is 10.0. The van der Waals surface area contributed by atoms with Gasteiger partial charge >= 0.3 is 5.97 Å². The van der Waals surface area contributed by atoms with Gasteiger partial charge in [0, 0.05) is 18.1 Å². The molecule has 2 aromatic carbocycles. The first-order valence-corrected chi connectivity index (χ1v) is 5.43. The van der Waals surface area contributed by atoms with Crippen LogP contribution < -0.4 is 0 Å². The number of rotatable bonds is 3. The van der Waals surface area contributed by atoms with Gasteiger partial charge in [-0.2, -0.15) is 0 Å². The topological polar surface area (TPSA) is 26.3 Å². The summed E-state index contributed by atoms with van der Waals surface area (Å²) in [6, 6.07) is 19.2. The van der Waals surface area contributed by atoms with Gasteiger partial charge in [-0.1, -0.05) is 60.7 Å². The summed E-state index contributed by atoms with van der Waals surface area (Å²) in [4.78, 5) is 11.2. The van der Waals surface area contributed by atoms with Gasteiger partial charge in [0.25, 0.3) is 0 Å². The van der Waals surface area contributed by atoms with Crippen molar-refractivity contribution in [3.05, 3.63) is 77.9 Å². The summed E-state index contributed by atoms with van der Waals surface area (Å²) in [6.07, 6.45) is 0.596. The van der Waals surface area contributed by atoms with E-state index >= 15 is 0 Å². The maximum atomic E-state index is 11.2. The molecule has 85 valence electrons. The van der Waals surface area contributed by atoms with Crippen LogP contribution in [-0.4, -0.2) is 5.97 Å². The van der Waals surface area contributed by atoms with E-state index < -0.39 is 0 Å². The Kier molecular flexibility index (Phi) is 3.55. The predicted octanol–water partition coefficient (Wildman–Crippen LogP) is 3.18. The second-order valence-corrected chi connectivity index (χ2v) is 3.65. The Morgan fingerprint density at radius 2 is 1.24 bits per heavy atom. The highest BCUT2D eigenvalue weighted by atomic mass is 16.5. The Labute approximate surface area is 101 Å². The summed E-state index contributed by atoms with van der Waals surface area (Å²) >= 11 is 0. The number of carbonyl (C=O) groups is 1. The lowest BCUT2D eigenvalue weighted by Crippen LogP contribution is -2.10. The van der Waals surface area contributed by atoms with E-state index in [9.17, 15) is 4.79 Å². The molecular weight excluding hydrogens is 212 g/mol. The molecule has 1 radical (unpaired) electrons. The number of hydrogen-bond donors (Lipinski definition) is 0. The molecule has 0 fully saturated rings. The van der Waals surface area contributed by atoms with Crippen LogP contribution in [0, 0.1) is 6.10 Å². The normalized spacial score (nSPS) is 10.2. The van der Waals surface area contributed by atoms with Crippen LogP contribution >= 0.6 is 0 Å². The molecule has 0 spiro atoms. The van der Waals surface area contributed by atoms with Gasteiger partial charge in [-0.15, -0.1) is 0 Å². The highest BCUT2D eigenvalue weighted by molar-refractivity contribution is 5.68. The average molecular weight is 225 g/mol. The fraction of sp³-hybridized carbons (Fsp3) is 0.0667. The molecule has 0 aromatic heterocycles. The minimum atomic E-state index is -0.312. The molecular formula is C15H13O2. The summed E-state index contributed by atoms with van der Waals surface area (Å²) in [5.41, 5.74) is 1.79. The molecule has 17 heavy (non-hydrogen) atoms. The van der Waals surface area contributed by atoms with E-state index in [1.807, 2.05) is 60.7 Å². The van der Waals surface area contributed by atoms with E-state index in [1.54, 1.807) is 0 Å². The molecule has 2 nitrogen and oxygen atoms in total. The van der Waals surface area contributed by atoms with Gasteiger partial charge in [0.05, 0.1) is 0 Å². The average Bonchev–Trinajstić information content (AvgIpc) is 2.38. The standard InChI is InChI=1S/C15H13O2/c1-12(16)17-15(13-8-4-2-5-9-13)14-10-6-3-7-11-14/h2-11H,1H3. The molecule has 0 aliphatic carbocycles. The molecule has 0 unspecified atom stereocenters. The zero-order valence-electron chi connectivity index (χ0n) is 9.59. The first-order chi connectivity index (χ1) is 8.27. The second kappa shape index (κ2) is 5.30. The summed E-state index contributed by atoms with van der Waals surface area (Å²) in [5.74, 6) is -0.312. The Morgan fingerprint density at radius 3 is 1.59 bits per heavy atom. The van der Waals surface area contributed by atoms with Crippen LogP contribution in [0.5, 0.6) is 0 Å². The van der Waals surface area contributed by atoms with Crippen molar-refractivity contribution < 1.29 is 9.53 Å². The fourth-order valence-corrected chi connectivity index (χ4v) is 1.61. The highest BCUT2D eigenvalue weighted by Gasteiger charge is 2.18. The van der Waals surface area contributed by atoms with Crippen LogP contribution in [0.2, 0.25) is 0 Å². The first kappa shape index (κ1) is 11.4. The van der Waals surface area contributed by atoms with E-state index in [0.29, 0.717) is 6.10 Å². The summed E-state index contributed by atoms with van der Waals surface area (Å²) in [6.45, 7) is 1.41. The molecule has 2 rings (SSSR count). The fourth-order valence-electron chi connectivity index (χ4n) is 1.61. The highest BCUT2D eigenvalue weighted by Crippen LogP contribution is 2.24. The lowest BCUT2D eigenvalue weighted by Gasteiger charge is -2.15. The predicted molar refractivity (Wildman–Crippen MR) is 66.1 cm³/mol. The van der Waals surface area contributed by atoms with Crippen LogP contribution in [0.25, 0.3) is 0 Å². The number of hydrogen-bond acceptors (Lipinski definition) is 2. The molecule has 0 aliphatic heterocycles. The molecule has 0 aliphatic rings. The number of benzene rings is 2. The van der Waals surface area contributed by atoms with Gasteiger partial charge in [0.2, 0.25) is 6.10 Å². The van der Waals surface area contributed by atoms with Crippen molar-refractivity contribution in [2.24, 2.45) is 0 Å². The molecule has 0 heterocycles. The van der Waals surface area contributed by atoms with E-state index in [4.69, 9.17) is 4.74 Å². The Hall–Kier alpha value is -2.09. The summed E-state index contributed by atoms with van der Waals surface area (Å²) in [7, 11) is 0. The molecule has 2 aromatic rings. The molecule has 0 atom stereocenters. The Bertz CT molecular complexity index is 437. The van der Waals surface area contributed by atoms with Crippen LogP contribution in [0.4, 0.5) is 0 Å². The molecule has 0 bridgehead atoms. The van der Waals surface area contributed by atoms with Gasteiger partial charge in [-0.3, -0.25) is 4.79 Å². The Balaban J connectivity index is 2.36. The zero-order chi connectivity index (χ0) is 12.1. The largest absolute Gasteiger partial charge is 0.444 e. The van der Waals surface area contributed by atoms with Crippen LogP contribution in [0.15, 0.2) is 60.7 Å². The third-order valence-electron chi connectivity index (χ3n) is 2.32. The van der Waals surface area contributed by atoms with Gasteiger partial charge < -0.3 is 4.74 Å². The van der Waals surface area contributed by atoms with E-state index in [2.05, 4.69) is 0 Å². The minimum absolute atomic E-state index is 0.312. The van der Waals surface area contributed by atoms with E-state index in [1.165, 1.54) is 6.92 Å². The van der Waals surface area contributed by atoms with Gasteiger partial charge in [0.15, 0.2) is 0 Å². The van der Waals surface area contributed by atoms with Crippen molar-refractivity contribution in [3.8, 4) is 0 Å². The summed E-state index contributed by atoms with van der Waals surface area (Å²) < 4.78 is 5.30. The maximum absolute atomic E-state index is 11.2. The van der Waals surface area contributed by atoms with E-state index in [-0.39, 0.29) is 5.97 Å². The van der Waals surface area contributed by atoms with Crippen molar-refractivity contribution in [3.63, 3.8) is 0 Å². The Morgan fingerprint density at radius 1 is 0.824 bits per heavy atom. The van der Waals surface area contributed by atoms with Gasteiger partial charge in [0.1, 0.15) is 0 Å². The van der Waals surface area contributed by atoms with E-state index in [0.717, 1.165) is 11.1 Å². The second-order valence-electron chi connectivity index (χ2n) is 3.65. The number of esters is 1. The monoisotopic (exact) mass is 225 g/mol. The molecule has 0 amide bonds. The van der Waals surface area contributed by atoms with Crippen molar-refractivity contribution in [1.29, 1.82) is 0 Å². The number of carbonyl (C=O) groups excluding carboxylic acids is 1. The number of ether oxygens (including phenoxy) is 1. The van der Waals surface area contributed by atoms with Crippen molar-refractivity contribution in [2.45, 2.75) is 6.92 Å². The quantitative estimate of drug-likeness (QED) is 0.750.